The molecule has 4 nitrogen and oxygen atoms in total. The van der Waals surface area contributed by atoms with Gasteiger partial charge in [-0.2, -0.15) is 4.37 Å². The first kappa shape index (κ1) is 12.4. The molecule has 1 aromatic heterocycles. The van der Waals surface area contributed by atoms with Gasteiger partial charge < -0.3 is 10.4 Å². The zero-order valence-corrected chi connectivity index (χ0v) is 10.3. The van der Waals surface area contributed by atoms with Crippen molar-refractivity contribution in [3.05, 3.63) is 5.82 Å². The third-order valence-electron chi connectivity index (χ3n) is 2.09. The van der Waals surface area contributed by atoms with Crippen LogP contribution in [0.1, 0.15) is 33.0 Å². The van der Waals surface area contributed by atoms with E-state index >= 15 is 0 Å². The molecule has 15 heavy (non-hydrogen) atoms. The van der Waals surface area contributed by atoms with Gasteiger partial charge in [-0.25, -0.2) is 4.98 Å². The van der Waals surface area contributed by atoms with Crippen LogP contribution in [0.15, 0.2) is 0 Å². The molecule has 1 unspecified atom stereocenters. The zero-order chi connectivity index (χ0) is 11.3. The normalized spacial score (nSPS) is 13.1. The topological polar surface area (TPSA) is 58.0 Å². The second kappa shape index (κ2) is 6.02. The molecular weight excluding hydrogens is 210 g/mol. The highest BCUT2D eigenvalue weighted by atomic mass is 32.1. The first-order valence-electron chi connectivity index (χ1n) is 5.35. The van der Waals surface area contributed by atoms with Crippen molar-refractivity contribution >= 4 is 16.7 Å². The quantitative estimate of drug-likeness (QED) is 0.782. The van der Waals surface area contributed by atoms with E-state index in [4.69, 9.17) is 0 Å². The fraction of sp³-hybridized carbons (Fsp3) is 0.800. The predicted molar refractivity (Wildman–Crippen MR) is 63.2 cm³/mol. The molecule has 0 amide bonds. The van der Waals surface area contributed by atoms with Gasteiger partial charge in [-0.3, -0.25) is 0 Å². The molecule has 2 N–H and O–H groups in total. The van der Waals surface area contributed by atoms with Crippen molar-refractivity contribution in [2.75, 3.05) is 11.9 Å². The van der Waals surface area contributed by atoms with Crippen LogP contribution in [-0.2, 0) is 6.42 Å². The number of hydrogen-bond donors (Lipinski definition) is 2. The highest BCUT2D eigenvalue weighted by Crippen LogP contribution is 2.15. The van der Waals surface area contributed by atoms with Crippen LogP contribution in [-0.4, -0.2) is 27.1 Å². The van der Waals surface area contributed by atoms with Crippen molar-refractivity contribution in [3.8, 4) is 0 Å². The number of hydrogen-bond acceptors (Lipinski definition) is 5. The number of anilines is 1. The highest BCUT2D eigenvalue weighted by molar-refractivity contribution is 7.09. The van der Waals surface area contributed by atoms with Crippen LogP contribution in [0.4, 0.5) is 5.13 Å². The SMILES string of the molecule is CCc1nsc(NC(CO)CC(C)C)n1. The lowest BCUT2D eigenvalue weighted by atomic mass is 10.0. The summed E-state index contributed by atoms with van der Waals surface area (Å²) < 4.78 is 4.19. The Morgan fingerprint density at radius 1 is 1.47 bits per heavy atom. The van der Waals surface area contributed by atoms with Gasteiger partial charge in [0.1, 0.15) is 5.82 Å². The summed E-state index contributed by atoms with van der Waals surface area (Å²) in [5.41, 5.74) is 0. The fourth-order valence-electron chi connectivity index (χ4n) is 1.38. The Labute approximate surface area is 94.9 Å². The maximum atomic E-state index is 9.19. The van der Waals surface area contributed by atoms with Crippen molar-refractivity contribution in [2.24, 2.45) is 5.92 Å². The standard InChI is InChI=1S/C10H19N3OS/c1-4-9-12-10(15-13-9)11-8(6-14)5-7(2)3/h7-8,14H,4-6H2,1-3H3,(H,11,12,13). The first-order chi connectivity index (χ1) is 7.15. The molecule has 1 heterocycles. The van der Waals surface area contributed by atoms with Crippen molar-refractivity contribution in [1.29, 1.82) is 0 Å². The summed E-state index contributed by atoms with van der Waals surface area (Å²) in [6.45, 7) is 6.45. The van der Waals surface area contributed by atoms with E-state index < -0.39 is 0 Å². The number of aliphatic hydroxyl groups is 1. The number of nitrogens with zero attached hydrogens (tertiary/aromatic N) is 2. The van der Waals surface area contributed by atoms with Crippen LogP contribution < -0.4 is 5.32 Å². The monoisotopic (exact) mass is 229 g/mol. The molecular formula is C10H19N3OS. The van der Waals surface area contributed by atoms with Crippen LogP contribution in [0, 0.1) is 5.92 Å². The zero-order valence-electron chi connectivity index (χ0n) is 9.53. The van der Waals surface area contributed by atoms with Gasteiger partial charge in [-0.05, 0) is 12.3 Å². The molecule has 1 aromatic rings. The van der Waals surface area contributed by atoms with Gasteiger partial charge in [0.25, 0.3) is 0 Å². The van der Waals surface area contributed by atoms with Gasteiger partial charge in [-0.15, -0.1) is 0 Å². The van der Waals surface area contributed by atoms with Crippen LogP contribution in [0.25, 0.3) is 0 Å². The Balaban J connectivity index is 2.50. The number of aliphatic hydroxyl groups excluding tert-OH is 1. The second-order valence-corrected chi connectivity index (χ2v) is 4.77. The smallest absolute Gasteiger partial charge is 0.202 e. The maximum absolute atomic E-state index is 9.19. The number of nitrogens with one attached hydrogen (secondary N) is 1. The van der Waals surface area contributed by atoms with Gasteiger partial charge in [0.05, 0.1) is 12.6 Å². The second-order valence-electron chi connectivity index (χ2n) is 4.02. The molecule has 1 rings (SSSR count). The van der Waals surface area contributed by atoms with Gasteiger partial charge in [0.2, 0.25) is 5.13 Å². The molecule has 0 saturated heterocycles. The third-order valence-corrected chi connectivity index (χ3v) is 2.77. The van der Waals surface area contributed by atoms with E-state index in [0.717, 1.165) is 23.8 Å². The minimum atomic E-state index is 0.0858. The van der Waals surface area contributed by atoms with Gasteiger partial charge in [0, 0.05) is 18.0 Å². The molecule has 0 fully saturated rings. The van der Waals surface area contributed by atoms with Crippen LogP contribution in [0.3, 0.4) is 0 Å². The molecule has 86 valence electrons. The van der Waals surface area contributed by atoms with E-state index in [9.17, 15) is 5.11 Å². The molecule has 0 aliphatic carbocycles. The lowest BCUT2D eigenvalue weighted by molar-refractivity contribution is 0.259. The number of rotatable bonds is 6. The van der Waals surface area contributed by atoms with E-state index in [0.29, 0.717) is 5.92 Å². The molecule has 0 aromatic carbocycles. The Hall–Kier alpha value is -0.680. The summed E-state index contributed by atoms with van der Waals surface area (Å²) >= 11 is 1.36. The van der Waals surface area contributed by atoms with Crippen molar-refractivity contribution in [3.63, 3.8) is 0 Å². The summed E-state index contributed by atoms with van der Waals surface area (Å²) in [5, 5.41) is 13.2. The number of aryl methyl sites for hydroxylation is 1. The van der Waals surface area contributed by atoms with Gasteiger partial charge in [-0.1, -0.05) is 20.8 Å². The molecule has 1 atom stereocenters. The Kier molecular flexibility index (Phi) is 4.98. The van der Waals surface area contributed by atoms with Crippen LogP contribution in [0.5, 0.6) is 0 Å². The lowest BCUT2D eigenvalue weighted by Gasteiger charge is -2.16. The van der Waals surface area contributed by atoms with Gasteiger partial charge in [0.15, 0.2) is 0 Å². The van der Waals surface area contributed by atoms with E-state index in [1.807, 2.05) is 6.92 Å². The van der Waals surface area contributed by atoms with E-state index in [-0.39, 0.29) is 12.6 Å². The average Bonchev–Trinajstić information content (AvgIpc) is 2.64. The summed E-state index contributed by atoms with van der Waals surface area (Å²) in [5.74, 6) is 1.43. The van der Waals surface area contributed by atoms with Crippen LogP contribution >= 0.6 is 11.5 Å². The van der Waals surface area contributed by atoms with Crippen molar-refractivity contribution < 1.29 is 5.11 Å². The van der Waals surface area contributed by atoms with Crippen LogP contribution in [0.2, 0.25) is 0 Å². The molecule has 0 bridgehead atoms. The third kappa shape index (κ3) is 4.13. The lowest BCUT2D eigenvalue weighted by Crippen LogP contribution is -2.25. The summed E-state index contributed by atoms with van der Waals surface area (Å²) in [7, 11) is 0. The molecule has 0 saturated carbocycles. The number of aromatic nitrogens is 2. The summed E-state index contributed by atoms with van der Waals surface area (Å²) in [6, 6.07) is 0.0858. The Morgan fingerprint density at radius 2 is 2.20 bits per heavy atom. The maximum Gasteiger partial charge on any atom is 0.202 e. The van der Waals surface area contributed by atoms with Crippen molar-refractivity contribution in [1.82, 2.24) is 9.36 Å². The van der Waals surface area contributed by atoms with E-state index in [1.54, 1.807) is 0 Å². The largest absolute Gasteiger partial charge is 0.394 e. The molecule has 0 spiro atoms. The fourth-order valence-corrected chi connectivity index (χ4v) is 2.11. The average molecular weight is 229 g/mol. The highest BCUT2D eigenvalue weighted by Gasteiger charge is 2.11. The van der Waals surface area contributed by atoms with Gasteiger partial charge >= 0.3 is 0 Å². The summed E-state index contributed by atoms with van der Waals surface area (Å²) in [4.78, 5) is 4.31. The van der Waals surface area contributed by atoms with Crippen molar-refractivity contribution in [2.45, 2.75) is 39.7 Å². The Morgan fingerprint density at radius 3 is 2.67 bits per heavy atom. The molecule has 0 radical (unpaired) electrons. The molecule has 5 heteroatoms. The first-order valence-corrected chi connectivity index (χ1v) is 6.13. The Bertz CT molecular complexity index is 288. The molecule has 0 aliphatic heterocycles. The predicted octanol–water partition coefficient (Wildman–Crippen LogP) is 1.92. The van der Waals surface area contributed by atoms with E-state index in [2.05, 4.69) is 28.5 Å². The van der Waals surface area contributed by atoms with E-state index in [1.165, 1.54) is 11.5 Å². The minimum Gasteiger partial charge on any atom is -0.394 e. The minimum absolute atomic E-state index is 0.0858. The summed E-state index contributed by atoms with van der Waals surface area (Å²) in [6.07, 6.45) is 1.80. The molecule has 0 aliphatic rings.